The van der Waals surface area contributed by atoms with Crippen LogP contribution >= 0.6 is 0 Å². The van der Waals surface area contributed by atoms with E-state index in [1.807, 2.05) is 6.92 Å². The molecule has 0 amide bonds. The van der Waals surface area contributed by atoms with Gasteiger partial charge in [-0.25, -0.2) is 8.78 Å². The number of hydrogen-bond acceptors (Lipinski definition) is 1. The van der Waals surface area contributed by atoms with Crippen molar-refractivity contribution in [1.82, 2.24) is 5.32 Å². The van der Waals surface area contributed by atoms with Crippen molar-refractivity contribution in [2.24, 2.45) is 0 Å². The zero-order valence-electron chi connectivity index (χ0n) is 9.40. The number of nitrogens with one attached hydrogen (secondary N) is 1. The number of aryl methyl sites for hydroxylation is 1. The first-order valence-electron chi connectivity index (χ1n) is 5.25. The topological polar surface area (TPSA) is 12.0 Å². The molecule has 0 spiro atoms. The summed E-state index contributed by atoms with van der Waals surface area (Å²) in [5, 5.41) is 3.08. The zero-order chi connectivity index (χ0) is 11.4. The first-order chi connectivity index (χ1) is 7.07. The molecule has 3 heteroatoms. The van der Waals surface area contributed by atoms with Gasteiger partial charge in [-0.1, -0.05) is 13.0 Å². The Hall–Kier alpha value is -0.960. The number of halogens is 2. The normalized spacial score (nSPS) is 12.9. The van der Waals surface area contributed by atoms with Crippen LogP contribution < -0.4 is 5.32 Å². The van der Waals surface area contributed by atoms with E-state index in [0.717, 1.165) is 13.0 Å². The summed E-state index contributed by atoms with van der Waals surface area (Å²) in [6, 6.07) is 2.49. The molecule has 0 heterocycles. The molecular weight excluding hydrogens is 196 g/mol. The van der Waals surface area contributed by atoms with Crippen LogP contribution in [0.25, 0.3) is 0 Å². The first-order valence-corrected chi connectivity index (χ1v) is 5.25. The molecule has 0 fully saturated rings. The van der Waals surface area contributed by atoms with Gasteiger partial charge >= 0.3 is 0 Å². The predicted octanol–water partition coefficient (Wildman–Crippen LogP) is 3.33. The Bertz CT molecular complexity index is 337. The van der Waals surface area contributed by atoms with Crippen LogP contribution in [0.3, 0.4) is 0 Å². The molecule has 0 bridgehead atoms. The van der Waals surface area contributed by atoms with Crippen molar-refractivity contribution in [1.29, 1.82) is 0 Å². The van der Waals surface area contributed by atoms with E-state index in [-0.39, 0.29) is 11.6 Å². The van der Waals surface area contributed by atoms with Crippen molar-refractivity contribution < 1.29 is 8.78 Å². The van der Waals surface area contributed by atoms with Gasteiger partial charge in [-0.3, -0.25) is 0 Å². The van der Waals surface area contributed by atoms with E-state index >= 15 is 0 Å². The minimum absolute atomic E-state index is 0.142. The second-order valence-corrected chi connectivity index (χ2v) is 3.77. The summed E-state index contributed by atoms with van der Waals surface area (Å²) in [6.45, 7) is 6.19. The van der Waals surface area contributed by atoms with E-state index in [4.69, 9.17) is 0 Å². The highest BCUT2D eigenvalue weighted by atomic mass is 19.1. The van der Waals surface area contributed by atoms with Crippen molar-refractivity contribution >= 4 is 0 Å². The summed E-state index contributed by atoms with van der Waals surface area (Å²) < 4.78 is 27.1. The molecule has 0 aliphatic rings. The maximum Gasteiger partial charge on any atom is 0.133 e. The summed E-state index contributed by atoms with van der Waals surface area (Å²) in [5.41, 5.74) is 0.625. The Labute approximate surface area is 89.5 Å². The van der Waals surface area contributed by atoms with Crippen LogP contribution in [0, 0.1) is 18.6 Å². The number of benzene rings is 1. The van der Waals surface area contributed by atoms with Gasteiger partial charge in [-0.15, -0.1) is 0 Å². The van der Waals surface area contributed by atoms with Crippen molar-refractivity contribution in [3.05, 3.63) is 34.9 Å². The fourth-order valence-electron chi connectivity index (χ4n) is 1.54. The van der Waals surface area contributed by atoms with Crippen molar-refractivity contribution in [3.8, 4) is 0 Å². The van der Waals surface area contributed by atoms with Gasteiger partial charge in [-0.05, 0) is 38.4 Å². The Morgan fingerprint density at radius 2 is 2.00 bits per heavy atom. The Morgan fingerprint density at radius 1 is 1.33 bits per heavy atom. The lowest BCUT2D eigenvalue weighted by atomic mass is 10.0. The fraction of sp³-hybridized carbons (Fsp3) is 0.500. The van der Waals surface area contributed by atoms with E-state index in [9.17, 15) is 8.78 Å². The molecule has 1 atom stereocenters. The maximum atomic E-state index is 13.7. The molecule has 1 aromatic carbocycles. The fourth-order valence-corrected chi connectivity index (χ4v) is 1.54. The summed E-state index contributed by atoms with van der Waals surface area (Å²) in [7, 11) is 0. The summed E-state index contributed by atoms with van der Waals surface area (Å²) in [6.07, 6.45) is 0.944. The van der Waals surface area contributed by atoms with Gasteiger partial charge in [-0.2, -0.15) is 0 Å². The molecule has 15 heavy (non-hydrogen) atoms. The van der Waals surface area contributed by atoms with E-state index in [2.05, 4.69) is 5.32 Å². The molecule has 1 nitrogen and oxygen atoms in total. The van der Waals surface area contributed by atoms with E-state index in [1.54, 1.807) is 13.8 Å². The van der Waals surface area contributed by atoms with Gasteiger partial charge in [0.15, 0.2) is 0 Å². The lowest BCUT2D eigenvalue weighted by molar-refractivity contribution is 0.485. The van der Waals surface area contributed by atoms with Crippen LogP contribution in [0.15, 0.2) is 12.1 Å². The van der Waals surface area contributed by atoms with Crippen molar-refractivity contribution in [3.63, 3.8) is 0 Å². The number of hydrogen-bond donors (Lipinski definition) is 1. The monoisotopic (exact) mass is 213 g/mol. The molecule has 0 radical (unpaired) electrons. The highest BCUT2D eigenvalue weighted by Crippen LogP contribution is 2.22. The molecule has 0 aliphatic heterocycles. The van der Waals surface area contributed by atoms with Crippen LogP contribution in [0.4, 0.5) is 8.78 Å². The predicted molar refractivity (Wildman–Crippen MR) is 57.8 cm³/mol. The van der Waals surface area contributed by atoms with Gasteiger partial charge in [0.1, 0.15) is 11.6 Å². The van der Waals surface area contributed by atoms with Gasteiger partial charge < -0.3 is 5.32 Å². The minimum Gasteiger partial charge on any atom is -0.310 e. The molecule has 1 aromatic rings. The van der Waals surface area contributed by atoms with Crippen molar-refractivity contribution in [2.45, 2.75) is 33.2 Å². The second-order valence-electron chi connectivity index (χ2n) is 3.77. The third kappa shape index (κ3) is 2.75. The maximum absolute atomic E-state index is 13.7. The molecule has 1 unspecified atom stereocenters. The molecule has 0 saturated carbocycles. The first kappa shape index (κ1) is 12.1. The van der Waals surface area contributed by atoms with Crippen LogP contribution in [0.1, 0.15) is 37.4 Å². The third-order valence-electron chi connectivity index (χ3n) is 2.45. The van der Waals surface area contributed by atoms with Crippen LogP contribution in [-0.4, -0.2) is 6.54 Å². The molecule has 0 saturated heterocycles. The average Bonchev–Trinajstić information content (AvgIpc) is 2.21. The second kappa shape index (κ2) is 5.21. The van der Waals surface area contributed by atoms with Gasteiger partial charge in [0, 0.05) is 11.6 Å². The molecule has 1 N–H and O–H groups in total. The average molecular weight is 213 g/mol. The Morgan fingerprint density at radius 3 is 2.60 bits per heavy atom. The molecule has 84 valence electrons. The van der Waals surface area contributed by atoms with Crippen molar-refractivity contribution in [2.75, 3.05) is 6.54 Å². The zero-order valence-corrected chi connectivity index (χ0v) is 9.40. The third-order valence-corrected chi connectivity index (χ3v) is 2.45. The van der Waals surface area contributed by atoms with Gasteiger partial charge in [0.25, 0.3) is 0 Å². The molecule has 0 aromatic heterocycles. The van der Waals surface area contributed by atoms with Crippen LogP contribution in [0.5, 0.6) is 0 Å². The largest absolute Gasteiger partial charge is 0.310 e. The quantitative estimate of drug-likeness (QED) is 0.808. The summed E-state index contributed by atoms with van der Waals surface area (Å²) in [4.78, 5) is 0. The lowest BCUT2D eigenvalue weighted by Gasteiger charge is -2.16. The minimum atomic E-state index is -0.478. The number of rotatable bonds is 4. The summed E-state index contributed by atoms with van der Waals surface area (Å²) >= 11 is 0. The molecule has 0 aliphatic carbocycles. The summed E-state index contributed by atoms with van der Waals surface area (Å²) in [5.74, 6) is -0.916. The Balaban J connectivity index is 2.96. The van der Waals surface area contributed by atoms with Crippen LogP contribution in [0.2, 0.25) is 0 Å². The van der Waals surface area contributed by atoms with E-state index in [1.165, 1.54) is 12.1 Å². The molecular formula is C12H17F2N. The van der Waals surface area contributed by atoms with E-state index < -0.39 is 11.6 Å². The highest BCUT2D eigenvalue weighted by molar-refractivity contribution is 5.28. The Kier molecular flexibility index (Phi) is 4.21. The van der Waals surface area contributed by atoms with Crippen LogP contribution in [-0.2, 0) is 0 Å². The lowest BCUT2D eigenvalue weighted by Crippen LogP contribution is -2.21. The van der Waals surface area contributed by atoms with Gasteiger partial charge in [0.2, 0.25) is 0 Å². The highest BCUT2D eigenvalue weighted by Gasteiger charge is 2.16. The SMILES string of the molecule is CCCNC(C)c1c(F)ccc(C)c1F. The smallest absolute Gasteiger partial charge is 0.133 e. The standard InChI is InChI=1S/C12H17F2N/c1-4-7-15-9(3)11-10(13)6-5-8(2)12(11)14/h5-6,9,15H,4,7H2,1-3H3. The van der Waals surface area contributed by atoms with E-state index in [0.29, 0.717) is 5.56 Å². The molecule has 1 rings (SSSR count). The van der Waals surface area contributed by atoms with Gasteiger partial charge in [0.05, 0.1) is 0 Å².